The number of hydrogen-bond acceptors (Lipinski definition) is 1. The molecule has 2 heteroatoms. The lowest BCUT2D eigenvalue weighted by Gasteiger charge is -2.42. The first kappa shape index (κ1) is 14.5. The van der Waals surface area contributed by atoms with Crippen LogP contribution in [0, 0.1) is 0 Å². The number of anilines is 1. The number of benzene rings is 3. The molecule has 0 bridgehead atoms. The van der Waals surface area contributed by atoms with Crippen molar-refractivity contribution in [3.8, 4) is 0 Å². The molecule has 1 heterocycles. The second-order valence-electron chi connectivity index (χ2n) is 5.83. The zero-order valence-electron chi connectivity index (χ0n) is 13.2. The highest BCUT2D eigenvalue weighted by Crippen LogP contribution is 2.43. The molecule has 1 saturated heterocycles. The molecule has 0 spiro atoms. The molecule has 0 aliphatic carbocycles. The van der Waals surface area contributed by atoms with Crippen LogP contribution < -0.4 is 4.90 Å². The molecule has 3 aromatic rings. The molecule has 0 N–H and O–H groups in total. The van der Waals surface area contributed by atoms with Gasteiger partial charge < -0.3 is 0 Å². The summed E-state index contributed by atoms with van der Waals surface area (Å²) >= 11 is 0. The summed E-state index contributed by atoms with van der Waals surface area (Å²) in [7, 11) is 0. The van der Waals surface area contributed by atoms with Crippen LogP contribution in [0.4, 0.5) is 5.69 Å². The predicted octanol–water partition coefficient (Wildman–Crippen LogP) is 4.86. The molecule has 0 saturated carbocycles. The SMILES string of the molecule is O=C1C(c2ccccc2)/C(=C/c2ccccc2)N1c1ccccc1. The van der Waals surface area contributed by atoms with Gasteiger partial charge in [-0.3, -0.25) is 9.69 Å². The van der Waals surface area contributed by atoms with E-state index in [9.17, 15) is 4.79 Å². The fourth-order valence-electron chi connectivity index (χ4n) is 3.13. The summed E-state index contributed by atoms with van der Waals surface area (Å²) in [5.41, 5.74) is 4.07. The molecule has 1 unspecified atom stereocenters. The third-order valence-corrected chi connectivity index (χ3v) is 4.28. The van der Waals surface area contributed by atoms with Crippen LogP contribution in [0.3, 0.4) is 0 Å². The van der Waals surface area contributed by atoms with Crippen molar-refractivity contribution in [2.45, 2.75) is 5.92 Å². The van der Waals surface area contributed by atoms with Gasteiger partial charge >= 0.3 is 0 Å². The second-order valence-corrected chi connectivity index (χ2v) is 5.83. The Hall–Kier alpha value is -3.13. The van der Waals surface area contributed by atoms with Gasteiger partial charge in [0.2, 0.25) is 5.91 Å². The first-order valence-corrected chi connectivity index (χ1v) is 8.05. The minimum atomic E-state index is -0.202. The maximum atomic E-state index is 12.8. The van der Waals surface area contributed by atoms with Gasteiger partial charge in [-0.2, -0.15) is 0 Å². The summed E-state index contributed by atoms with van der Waals surface area (Å²) in [6.07, 6.45) is 2.10. The van der Waals surface area contributed by atoms with E-state index in [-0.39, 0.29) is 11.8 Å². The molecule has 1 aliphatic heterocycles. The lowest BCUT2D eigenvalue weighted by Crippen LogP contribution is -2.48. The average molecular weight is 311 g/mol. The van der Waals surface area contributed by atoms with E-state index in [1.807, 2.05) is 83.8 Å². The minimum Gasteiger partial charge on any atom is -0.283 e. The van der Waals surface area contributed by atoms with Crippen LogP contribution in [0.5, 0.6) is 0 Å². The zero-order valence-corrected chi connectivity index (χ0v) is 13.2. The molecular formula is C22H17NO. The van der Waals surface area contributed by atoms with E-state index in [0.717, 1.165) is 22.5 Å². The number of rotatable bonds is 3. The molecule has 1 atom stereocenters. The molecule has 1 amide bonds. The molecule has 3 aromatic carbocycles. The summed E-state index contributed by atoms with van der Waals surface area (Å²) in [6.45, 7) is 0. The lowest BCUT2D eigenvalue weighted by atomic mass is 9.84. The summed E-state index contributed by atoms with van der Waals surface area (Å²) in [5.74, 6) is -0.0822. The monoisotopic (exact) mass is 311 g/mol. The van der Waals surface area contributed by atoms with E-state index in [4.69, 9.17) is 0 Å². The van der Waals surface area contributed by atoms with Crippen molar-refractivity contribution >= 4 is 17.7 Å². The Morgan fingerprint density at radius 2 is 1.25 bits per heavy atom. The molecule has 0 radical (unpaired) electrons. The van der Waals surface area contributed by atoms with Crippen molar-refractivity contribution in [2.75, 3.05) is 4.90 Å². The first-order valence-electron chi connectivity index (χ1n) is 8.05. The predicted molar refractivity (Wildman–Crippen MR) is 97.5 cm³/mol. The van der Waals surface area contributed by atoms with Crippen molar-refractivity contribution < 1.29 is 4.79 Å². The van der Waals surface area contributed by atoms with Gasteiger partial charge in [-0.1, -0.05) is 78.9 Å². The van der Waals surface area contributed by atoms with E-state index < -0.39 is 0 Å². The normalized spacial score (nSPS) is 18.5. The van der Waals surface area contributed by atoms with Crippen LogP contribution in [-0.4, -0.2) is 5.91 Å². The van der Waals surface area contributed by atoms with Crippen LogP contribution in [-0.2, 0) is 4.79 Å². The highest BCUT2D eigenvalue weighted by Gasteiger charge is 2.44. The van der Waals surface area contributed by atoms with Crippen molar-refractivity contribution in [1.29, 1.82) is 0 Å². The van der Waals surface area contributed by atoms with E-state index in [1.165, 1.54) is 0 Å². The summed E-state index contributed by atoms with van der Waals surface area (Å²) in [4.78, 5) is 14.7. The standard InChI is InChI=1S/C22H17NO/c24-22-21(18-12-6-2-7-13-18)20(16-17-10-4-1-5-11-17)23(22)19-14-8-3-9-15-19/h1-16,21H/b20-16-. The summed E-state index contributed by atoms with van der Waals surface area (Å²) in [5, 5.41) is 0. The molecular weight excluding hydrogens is 294 g/mol. The smallest absolute Gasteiger partial charge is 0.244 e. The summed E-state index contributed by atoms with van der Waals surface area (Å²) < 4.78 is 0. The number of hydrogen-bond donors (Lipinski definition) is 0. The first-order chi connectivity index (χ1) is 11.8. The number of carbonyl (C=O) groups excluding carboxylic acids is 1. The number of nitrogens with zero attached hydrogens (tertiary/aromatic N) is 1. The Morgan fingerprint density at radius 3 is 1.88 bits per heavy atom. The van der Waals surface area contributed by atoms with E-state index >= 15 is 0 Å². The van der Waals surface area contributed by atoms with Gasteiger partial charge in [-0.15, -0.1) is 0 Å². The van der Waals surface area contributed by atoms with Crippen LogP contribution in [0.25, 0.3) is 6.08 Å². The second kappa shape index (κ2) is 6.17. The van der Waals surface area contributed by atoms with Gasteiger partial charge in [0.1, 0.15) is 5.92 Å². The van der Waals surface area contributed by atoms with Crippen molar-refractivity contribution in [3.63, 3.8) is 0 Å². The molecule has 4 rings (SSSR count). The zero-order chi connectivity index (χ0) is 16.4. The number of amides is 1. The minimum absolute atomic E-state index is 0.120. The Balaban J connectivity index is 1.78. The van der Waals surface area contributed by atoms with Crippen molar-refractivity contribution in [1.82, 2.24) is 0 Å². The fraction of sp³-hybridized carbons (Fsp3) is 0.0455. The molecule has 2 nitrogen and oxygen atoms in total. The van der Waals surface area contributed by atoms with Crippen LogP contribution in [0.2, 0.25) is 0 Å². The maximum Gasteiger partial charge on any atom is 0.244 e. The highest BCUT2D eigenvalue weighted by molar-refractivity contribution is 6.13. The van der Waals surface area contributed by atoms with Gasteiger partial charge in [0, 0.05) is 11.4 Å². The van der Waals surface area contributed by atoms with Gasteiger partial charge in [0.05, 0.1) is 0 Å². The van der Waals surface area contributed by atoms with E-state index in [2.05, 4.69) is 18.2 Å². The van der Waals surface area contributed by atoms with E-state index in [1.54, 1.807) is 0 Å². The van der Waals surface area contributed by atoms with Crippen LogP contribution in [0.15, 0.2) is 96.7 Å². The molecule has 24 heavy (non-hydrogen) atoms. The maximum absolute atomic E-state index is 12.8. The molecule has 0 aromatic heterocycles. The lowest BCUT2D eigenvalue weighted by molar-refractivity contribution is -0.122. The number of carbonyl (C=O) groups is 1. The Kier molecular flexibility index (Phi) is 3.72. The number of β-lactam (4-membered cyclic amide) rings is 1. The highest BCUT2D eigenvalue weighted by atomic mass is 16.2. The van der Waals surface area contributed by atoms with Crippen molar-refractivity contribution in [3.05, 3.63) is 108 Å². The van der Waals surface area contributed by atoms with Gasteiger partial charge in [0.25, 0.3) is 0 Å². The number of para-hydroxylation sites is 1. The van der Waals surface area contributed by atoms with E-state index in [0.29, 0.717) is 0 Å². The van der Waals surface area contributed by atoms with Gasteiger partial charge in [-0.05, 0) is 29.3 Å². The van der Waals surface area contributed by atoms with Gasteiger partial charge in [-0.25, -0.2) is 0 Å². The Bertz CT molecular complexity index is 818. The molecule has 1 fully saturated rings. The third-order valence-electron chi connectivity index (χ3n) is 4.28. The Labute approximate surface area is 141 Å². The topological polar surface area (TPSA) is 20.3 Å². The fourth-order valence-corrected chi connectivity index (χ4v) is 3.13. The largest absolute Gasteiger partial charge is 0.283 e. The quantitative estimate of drug-likeness (QED) is 0.633. The van der Waals surface area contributed by atoms with Gasteiger partial charge in [0.15, 0.2) is 0 Å². The van der Waals surface area contributed by atoms with Crippen LogP contribution in [0.1, 0.15) is 17.0 Å². The Morgan fingerprint density at radius 1 is 0.708 bits per heavy atom. The molecule has 116 valence electrons. The summed E-state index contributed by atoms with van der Waals surface area (Å²) in [6, 6.07) is 29.9. The molecule has 1 aliphatic rings. The average Bonchev–Trinajstić information content (AvgIpc) is 2.64. The van der Waals surface area contributed by atoms with Crippen molar-refractivity contribution in [2.24, 2.45) is 0 Å². The van der Waals surface area contributed by atoms with Crippen LogP contribution >= 0.6 is 0 Å². The third kappa shape index (κ3) is 2.52.